The molecule has 2 aliphatic heterocycles. The lowest BCUT2D eigenvalue weighted by molar-refractivity contribution is -0.144. The smallest absolute Gasteiger partial charge is 0.339 e. The van der Waals surface area contributed by atoms with Crippen LogP contribution in [-0.4, -0.2) is 125 Å². The maximum Gasteiger partial charge on any atom is 0.339 e. The van der Waals surface area contributed by atoms with Crippen LogP contribution in [0.4, 0.5) is 5.82 Å². The monoisotopic (exact) mass is 777 g/mol. The van der Waals surface area contributed by atoms with E-state index in [0.717, 1.165) is 40.6 Å². The van der Waals surface area contributed by atoms with Gasteiger partial charge in [-0.3, -0.25) is 19.3 Å². The summed E-state index contributed by atoms with van der Waals surface area (Å²) in [5.41, 5.74) is 4.46. The van der Waals surface area contributed by atoms with Gasteiger partial charge in [-0.15, -0.1) is 11.3 Å². The van der Waals surface area contributed by atoms with Crippen LogP contribution < -0.4 is 15.5 Å². The predicted molar refractivity (Wildman–Crippen MR) is 211 cm³/mol. The molecule has 2 aliphatic rings. The van der Waals surface area contributed by atoms with Crippen LogP contribution in [0.2, 0.25) is 0 Å². The number of nitrogens with one attached hydrogen (secondary N) is 2. The van der Waals surface area contributed by atoms with Gasteiger partial charge in [0.2, 0.25) is 17.7 Å². The standard InChI is InChI=1S/C40H55N7O7S/c1-24-19-45(33-14-13-30(18-41-33)39(52)53-8)20-25(2)46(24)15-16-54-22-34(49)44-36(40(5,6)7)38(51)47-21-31(48)17-32(47)37(50)43-26(3)28-9-11-29(12-10-28)35-27(4)42-23-55-35/h9-14,18,23-26,31-32,36,48H,15-17,19-22H2,1-8H3,(H,43,50)(H,44,49)/t24-,25+,26-,31+,32?,36+/m0/s1. The number of β-amino-alcohol motifs (C(OH)–C–C–N with tert-alkyl or cyclic N) is 1. The van der Waals surface area contributed by atoms with Crippen molar-refractivity contribution in [3.8, 4) is 10.4 Å². The first kappa shape index (κ1) is 41.7. The molecular weight excluding hydrogens is 723 g/mol. The molecule has 0 radical (unpaired) electrons. The number of amides is 3. The number of methoxy groups -OCH3 is 1. The molecule has 6 atom stereocenters. The summed E-state index contributed by atoms with van der Waals surface area (Å²) < 4.78 is 10.6. The van der Waals surface area contributed by atoms with Crippen LogP contribution in [0.25, 0.3) is 10.4 Å². The number of pyridine rings is 1. The number of thiazole rings is 1. The number of carbonyl (C=O) groups excluding carboxylic acids is 4. The molecule has 2 fully saturated rings. The van der Waals surface area contributed by atoms with Gasteiger partial charge in [0.25, 0.3) is 0 Å². The molecule has 0 saturated carbocycles. The molecule has 3 amide bonds. The van der Waals surface area contributed by atoms with E-state index >= 15 is 0 Å². The summed E-state index contributed by atoms with van der Waals surface area (Å²) in [4.78, 5) is 68.4. The zero-order chi connectivity index (χ0) is 40.0. The molecular formula is C40H55N7O7S. The van der Waals surface area contributed by atoms with E-state index < -0.39 is 41.4 Å². The highest BCUT2D eigenvalue weighted by Crippen LogP contribution is 2.30. The number of aromatic nitrogens is 2. The van der Waals surface area contributed by atoms with Gasteiger partial charge in [-0.25, -0.2) is 14.8 Å². The number of aliphatic hydroxyl groups is 1. The van der Waals surface area contributed by atoms with E-state index in [4.69, 9.17) is 9.47 Å². The molecule has 0 aliphatic carbocycles. The average Bonchev–Trinajstić information content (AvgIpc) is 3.77. The van der Waals surface area contributed by atoms with Crippen molar-refractivity contribution >= 4 is 40.8 Å². The number of likely N-dealkylation sites (tertiary alicyclic amines) is 1. The fourth-order valence-electron chi connectivity index (χ4n) is 7.35. The summed E-state index contributed by atoms with van der Waals surface area (Å²) in [6, 6.07) is 9.65. The Labute approximate surface area is 327 Å². The Morgan fingerprint density at radius 2 is 1.69 bits per heavy atom. The Kier molecular flexibility index (Phi) is 13.7. The molecule has 2 aromatic heterocycles. The van der Waals surface area contributed by atoms with Crippen molar-refractivity contribution in [2.75, 3.05) is 51.4 Å². The summed E-state index contributed by atoms with van der Waals surface area (Å²) >= 11 is 1.58. The van der Waals surface area contributed by atoms with E-state index in [9.17, 15) is 24.3 Å². The van der Waals surface area contributed by atoms with E-state index in [1.54, 1.807) is 17.4 Å². The molecule has 1 unspecified atom stereocenters. The van der Waals surface area contributed by atoms with Crippen LogP contribution in [0.3, 0.4) is 0 Å². The van der Waals surface area contributed by atoms with Crippen LogP contribution >= 0.6 is 11.3 Å². The third kappa shape index (κ3) is 10.3. The van der Waals surface area contributed by atoms with Crippen molar-refractivity contribution in [1.82, 2.24) is 30.4 Å². The Bertz CT molecular complexity index is 1780. The summed E-state index contributed by atoms with van der Waals surface area (Å²) in [6.45, 7) is 15.8. The lowest BCUT2D eigenvalue weighted by Crippen LogP contribution is -2.58. The van der Waals surface area contributed by atoms with E-state index in [1.165, 1.54) is 18.2 Å². The highest BCUT2D eigenvalue weighted by atomic mass is 32.1. The number of hydrogen-bond acceptors (Lipinski definition) is 12. The van der Waals surface area contributed by atoms with Crippen molar-refractivity contribution < 1.29 is 33.8 Å². The zero-order valence-electron chi connectivity index (χ0n) is 33.1. The van der Waals surface area contributed by atoms with Gasteiger partial charge in [-0.1, -0.05) is 45.0 Å². The Morgan fingerprint density at radius 3 is 2.27 bits per heavy atom. The number of esters is 1. The molecule has 15 heteroatoms. The summed E-state index contributed by atoms with van der Waals surface area (Å²) in [7, 11) is 1.34. The first-order valence-electron chi connectivity index (χ1n) is 18.8. The minimum atomic E-state index is -0.951. The van der Waals surface area contributed by atoms with Crippen LogP contribution in [0.15, 0.2) is 48.1 Å². The van der Waals surface area contributed by atoms with Gasteiger partial charge >= 0.3 is 5.97 Å². The maximum atomic E-state index is 14.1. The number of rotatable bonds is 13. The first-order valence-corrected chi connectivity index (χ1v) is 19.7. The van der Waals surface area contributed by atoms with Gasteiger partial charge in [0, 0.05) is 50.9 Å². The van der Waals surface area contributed by atoms with Gasteiger partial charge in [-0.05, 0) is 56.4 Å². The number of anilines is 1. The minimum absolute atomic E-state index is 0.00829. The second-order valence-corrected chi connectivity index (χ2v) is 16.5. The van der Waals surface area contributed by atoms with Crippen LogP contribution in [-0.2, 0) is 23.9 Å². The van der Waals surface area contributed by atoms with Crippen molar-refractivity contribution in [3.05, 3.63) is 64.9 Å². The molecule has 3 aromatic rings. The fourth-order valence-corrected chi connectivity index (χ4v) is 8.16. The summed E-state index contributed by atoms with van der Waals surface area (Å²) in [5.74, 6) is -0.863. The first-order chi connectivity index (χ1) is 26.1. The third-order valence-electron chi connectivity index (χ3n) is 10.4. The van der Waals surface area contributed by atoms with Crippen molar-refractivity contribution in [3.63, 3.8) is 0 Å². The number of aryl methyl sites for hydroxylation is 1. The quantitative estimate of drug-likeness (QED) is 0.172. The SMILES string of the molecule is COC(=O)c1ccc(N2C[C@@H](C)N(CCOCC(=O)N[C@H](C(=O)N3C[C@H](O)CC3C(=O)N[C@@H](C)c3ccc(-c4scnc4C)cc3)C(C)(C)C)[C@@H](C)C2)nc1. The topological polar surface area (TPSA) is 167 Å². The molecule has 55 heavy (non-hydrogen) atoms. The van der Waals surface area contributed by atoms with Gasteiger partial charge < -0.3 is 35.0 Å². The number of ether oxygens (including phenoxy) is 2. The predicted octanol–water partition coefficient (Wildman–Crippen LogP) is 3.59. The van der Waals surface area contributed by atoms with Crippen molar-refractivity contribution in [2.24, 2.45) is 5.41 Å². The number of piperazine rings is 1. The molecule has 3 N–H and O–H groups in total. The molecule has 5 rings (SSSR count). The second kappa shape index (κ2) is 18.0. The Hall–Kier alpha value is -4.44. The van der Waals surface area contributed by atoms with Gasteiger partial charge in [0.1, 0.15) is 24.5 Å². The Balaban J connectivity index is 1.11. The van der Waals surface area contributed by atoms with Crippen LogP contribution in [0.1, 0.15) is 75.6 Å². The molecule has 0 spiro atoms. The fraction of sp³-hybridized carbons (Fsp3) is 0.550. The number of aliphatic hydroxyl groups excluding tert-OH is 1. The summed E-state index contributed by atoms with van der Waals surface area (Å²) in [6.07, 6.45) is 0.758. The molecule has 14 nitrogen and oxygen atoms in total. The van der Waals surface area contributed by atoms with Crippen molar-refractivity contribution in [2.45, 2.75) is 91.2 Å². The number of nitrogens with zero attached hydrogens (tertiary/aromatic N) is 5. The van der Waals surface area contributed by atoms with Gasteiger partial charge in [0.15, 0.2) is 0 Å². The van der Waals surface area contributed by atoms with Crippen molar-refractivity contribution in [1.29, 1.82) is 0 Å². The molecule has 1 aromatic carbocycles. The van der Waals surface area contributed by atoms with E-state index in [0.29, 0.717) is 18.7 Å². The number of benzene rings is 1. The number of hydrogen-bond donors (Lipinski definition) is 3. The largest absolute Gasteiger partial charge is 0.465 e. The van der Waals surface area contributed by atoms with E-state index in [2.05, 4.69) is 44.2 Å². The maximum absolute atomic E-state index is 14.1. The number of carbonyl (C=O) groups is 4. The summed E-state index contributed by atoms with van der Waals surface area (Å²) in [5, 5.41) is 16.5. The molecule has 4 heterocycles. The van der Waals surface area contributed by atoms with Gasteiger partial charge in [-0.2, -0.15) is 0 Å². The van der Waals surface area contributed by atoms with Gasteiger partial charge in [0.05, 0.1) is 47.5 Å². The lowest BCUT2D eigenvalue weighted by Gasteiger charge is -2.45. The minimum Gasteiger partial charge on any atom is -0.465 e. The van der Waals surface area contributed by atoms with Crippen LogP contribution in [0, 0.1) is 12.3 Å². The highest BCUT2D eigenvalue weighted by molar-refractivity contribution is 7.13. The average molecular weight is 778 g/mol. The zero-order valence-corrected chi connectivity index (χ0v) is 33.9. The van der Waals surface area contributed by atoms with E-state index in [1.807, 2.05) is 70.5 Å². The van der Waals surface area contributed by atoms with Crippen LogP contribution in [0.5, 0.6) is 0 Å². The molecule has 2 saturated heterocycles. The molecule has 0 bridgehead atoms. The lowest BCUT2D eigenvalue weighted by atomic mass is 9.85. The molecule has 298 valence electrons. The van der Waals surface area contributed by atoms with E-state index in [-0.39, 0.29) is 43.6 Å². The second-order valence-electron chi connectivity index (χ2n) is 15.7. The normalized spacial score (nSPS) is 21.5. The third-order valence-corrected chi connectivity index (χ3v) is 11.4. The Morgan fingerprint density at radius 1 is 1.00 bits per heavy atom. The highest BCUT2D eigenvalue weighted by Gasteiger charge is 2.44.